The number of esters is 4. The Kier molecular flexibility index (Phi) is 13.9. The maximum atomic E-state index is 12.3. The van der Waals surface area contributed by atoms with Crippen molar-refractivity contribution in [2.24, 2.45) is 0 Å². The minimum Gasteiger partial charge on any atom is -0.463 e. The van der Waals surface area contributed by atoms with Crippen LogP contribution in [0.25, 0.3) is 0 Å². The predicted molar refractivity (Wildman–Crippen MR) is 191 cm³/mol. The normalized spacial score (nSPS) is 22.1. The Morgan fingerprint density at radius 2 is 1.36 bits per heavy atom. The summed E-state index contributed by atoms with van der Waals surface area (Å²) in [5.41, 5.74) is 7.83. The minimum atomic E-state index is -2.47. The van der Waals surface area contributed by atoms with Crippen LogP contribution in [-0.2, 0) is 55.1 Å². The Morgan fingerprint density at radius 3 is 1.86 bits per heavy atom. The van der Waals surface area contributed by atoms with Gasteiger partial charge in [-0.2, -0.15) is 0 Å². The van der Waals surface area contributed by atoms with Gasteiger partial charge in [0.05, 0.1) is 0 Å². The number of benzene rings is 2. The molecule has 0 aromatic heterocycles. The van der Waals surface area contributed by atoms with Gasteiger partial charge in [-0.1, -0.05) is 77.3 Å². The lowest BCUT2D eigenvalue weighted by atomic mass is 9.86. The van der Waals surface area contributed by atoms with E-state index >= 15 is 0 Å². The monoisotopic (exact) mass is 728 g/mol. The Balaban J connectivity index is 2.05. The summed E-state index contributed by atoms with van der Waals surface area (Å²) in [7, 11) is -1.90. The lowest BCUT2D eigenvalue weighted by Crippen LogP contribution is -2.66. The van der Waals surface area contributed by atoms with Crippen LogP contribution < -0.4 is 0 Å². The molecular weight excluding hydrogens is 680 g/mol. The van der Waals surface area contributed by atoms with E-state index in [-0.39, 0.29) is 5.56 Å². The van der Waals surface area contributed by atoms with Gasteiger partial charge < -0.3 is 28.8 Å². The highest BCUT2D eigenvalue weighted by atomic mass is 35.5. The van der Waals surface area contributed by atoms with Crippen molar-refractivity contribution in [2.45, 2.75) is 122 Å². The number of carbonyl (C=O) groups is 4. The van der Waals surface area contributed by atoms with E-state index in [4.69, 9.17) is 35.3 Å². The highest BCUT2D eigenvalue weighted by Crippen LogP contribution is 2.43. The smallest absolute Gasteiger partial charge is 0.303 e. The first-order valence-electron chi connectivity index (χ1n) is 16.8. The van der Waals surface area contributed by atoms with Gasteiger partial charge in [0.1, 0.15) is 20.8 Å². The van der Waals surface area contributed by atoms with Crippen LogP contribution in [0.1, 0.15) is 91.5 Å². The first-order chi connectivity index (χ1) is 23.3. The van der Waals surface area contributed by atoms with E-state index in [1.807, 2.05) is 24.3 Å². The number of hydrogen-bond donors (Lipinski definition) is 1. The highest BCUT2D eigenvalue weighted by Gasteiger charge is 2.60. The summed E-state index contributed by atoms with van der Waals surface area (Å²) in [5, 5.41) is 12.7. The zero-order valence-electron chi connectivity index (χ0n) is 30.5. The van der Waals surface area contributed by atoms with Crippen molar-refractivity contribution < 1.29 is 48.0 Å². The zero-order valence-corrected chi connectivity index (χ0v) is 32.3. The molecule has 1 saturated heterocycles. The molecular formula is C38H49ClO10Si. The van der Waals surface area contributed by atoms with E-state index in [1.165, 1.54) is 13.0 Å². The number of aliphatic hydroxyl groups is 1. The molecule has 1 heterocycles. The molecule has 1 aliphatic heterocycles. The molecule has 0 amide bonds. The highest BCUT2D eigenvalue weighted by molar-refractivity contribution is 6.90. The Morgan fingerprint density at radius 1 is 0.820 bits per heavy atom. The molecule has 1 aliphatic rings. The lowest BCUT2D eigenvalue weighted by molar-refractivity contribution is -0.360. The third-order valence-corrected chi connectivity index (χ3v) is 15.8. The number of carbonyl (C=O) groups excluding carboxylic acids is 4. The van der Waals surface area contributed by atoms with E-state index in [1.54, 1.807) is 12.1 Å². The topological polar surface area (TPSA) is 135 Å². The molecule has 12 heteroatoms. The van der Waals surface area contributed by atoms with Crippen molar-refractivity contribution in [3.63, 3.8) is 0 Å². The van der Waals surface area contributed by atoms with Crippen LogP contribution in [0.4, 0.5) is 0 Å². The van der Waals surface area contributed by atoms with Crippen LogP contribution in [-0.4, -0.2) is 68.1 Å². The van der Waals surface area contributed by atoms with Crippen LogP contribution in [0.15, 0.2) is 42.5 Å². The van der Waals surface area contributed by atoms with Crippen LogP contribution in [0.5, 0.6) is 0 Å². The molecule has 1 N–H and O–H groups in total. The summed E-state index contributed by atoms with van der Waals surface area (Å²) in [6.07, 6.45) is -5.63. The van der Waals surface area contributed by atoms with Crippen molar-refractivity contribution in [1.29, 1.82) is 0 Å². The summed E-state index contributed by atoms with van der Waals surface area (Å²) in [6, 6.07) is 12.5. The van der Waals surface area contributed by atoms with E-state index in [0.717, 1.165) is 31.9 Å². The second-order valence-corrected chi connectivity index (χ2v) is 19.6. The summed E-state index contributed by atoms with van der Waals surface area (Å²) in [5.74, 6) is -2.09. The molecule has 50 heavy (non-hydrogen) atoms. The van der Waals surface area contributed by atoms with Crippen LogP contribution in [0.3, 0.4) is 0 Å². The fourth-order valence-electron chi connectivity index (χ4n) is 6.99. The third-order valence-electron chi connectivity index (χ3n) is 9.15. The second-order valence-electron chi connectivity index (χ2n) is 13.7. The van der Waals surface area contributed by atoms with Gasteiger partial charge in [0.25, 0.3) is 0 Å². The third kappa shape index (κ3) is 9.54. The van der Waals surface area contributed by atoms with Crippen molar-refractivity contribution in [3.8, 4) is 11.5 Å². The quantitative estimate of drug-likeness (QED) is 0.120. The number of rotatable bonds is 11. The first kappa shape index (κ1) is 40.7. The first-order valence-corrected chi connectivity index (χ1v) is 19.4. The van der Waals surface area contributed by atoms with E-state index in [9.17, 15) is 24.3 Å². The van der Waals surface area contributed by atoms with Crippen LogP contribution in [0, 0.1) is 11.5 Å². The molecule has 272 valence electrons. The fraction of sp³-hybridized carbons (Fsp3) is 0.526. The standard InChI is InChI=1S/C38H49ClO10Si/c1-22(2)50(23(3)4,24(5)6)18-17-29-11-13-30(14-12-29)19-31-20-32(15-16-33(31)39)38(44)37(48-28(10)43)36(47-27(9)42)35(46-26(8)41)34(49-38)21-45-25(7)40/h11-16,20,22-24,34-37,44H,19,21H2,1-10H3/t34-,35-,36+,37-,38-/m1/s1. The molecule has 10 nitrogen and oxygen atoms in total. The SMILES string of the molecule is CC(=O)OC[C@H]1O[C@](O)(c2ccc(Cl)c(Cc3ccc(C#C[Si](C(C)C)(C(C)C)C(C)C)cc3)c2)[C@H](OC(C)=O)[C@@H](OC(C)=O)[C@@H]1OC(C)=O. The molecule has 0 radical (unpaired) electrons. The van der Waals surface area contributed by atoms with Gasteiger partial charge >= 0.3 is 23.9 Å². The molecule has 0 bridgehead atoms. The molecule has 0 saturated carbocycles. The van der Waals surface area contributed by atoms with Gasteiger partial charge in [0, 0.05) is 43.8 Å². The van der Waals surface area contributed by atoms with Gasteiger partial charge in [-0.05, 0) is 58.4 Å². The number of ether oxygens (including phenoxy) is 5. The minimum absolute atomic E-state index is 0.106. The van der Waals surface area contributed by atoms with Crippen molar-refractivity contribution in [2.75, 3.05) is 6.61 Å². The summed E-state index contributed by atoms with van der Waals surface area (Å²) in [4.78, 5) is 48.4. The maximum Gasteiger partial charge on any atom is 0.303 e. The van der Waals surface area contributed by atoms with E-state index < -0.39 is 68.8 Å². The molecule has 2 aromatic carbocycles. The fourth-order valence-corrected chi connectivity index (χ4v) is 12.4. The molecule has 0 unspecified atom stereocenters. The maximum absolute atomic E-state index is 12.3. The van der Waals surface area contributed by atoms with Crippen LogP contribution in [0.2, 0.25) is 21.6 Å². The summed E-state index contributed by atoms with van der Waals surface area (Å²) < 4.78 is 27.7. The Bertz CT molecular complexity index is 1590. The largest absolute Gasteiger partial charge is 0.463 e. The lowest BCUT2D eigenvalue weighted by Gasteiger charge is -2.48. The second kappa shape index (κ2) is 17.0. The van der Waals surface area contributed by atoms with Gasteiger partial charge in [-0.15, -0.1) is 5.54 Å². The molecule has 3 rings (SSSR count). The average molecular weight is 729 g/mol. The van der Waals surface area contributed by atoms with Crippen LogP contribution >= 0.6 is 11.6 Å². The van der Waals surface area contributed by atoms with E-state index in [2.05, 4.69) is 53.0 Å². The van der Waals surface area contributed by atoms with Gasteiger partial charge in [0.2, 0.25) is 11.9 Å². The number of halogens is 1. The van der Waals surface area contributed by atoms with Gasteiger partial charge in [-0.25, -0.2) is 0 Å². The summed E-state index contributed by atoms with van der Waals surface area (Å²) >= 11 is 6.65. The number of hydrogen-bond acceptors (Lipinski definition) is 10. The zero-order chi connectivity index (χ0) is 37.6. The van der Waals surface area contributed by atoms with Gasteiger partial charge in [0.15, 0.2) is 12.2 Å². The van der Waals surface area contributed by atoms with E-state index in [0.29, 0.717) is 33.6 Å². The van der Waals surface area contributed by atoms with Gasteiger partial charge in [-0.3, -0.25) is 19.2 Å². The molecule has 5 atom stereocenters. The summed E-state index contributed by atoms with van der Waals surface area (Å²) in [6.45, 7) is 17.7. The van der Waals surface area contributed by atoms with Crippen molar-refractivity contribution in [3.05, 3.63) is 69.7 Å². The van der Waals surface area contributed by atoms with Crippen molar-refractivity contribution in [1.82, 2.24) is 0 Å². The molecule has 2 aromatic rings. The Hall–Kier alpha value is -3.69. The molecule has 0 aliphatic carbocycles. The molecule has 1 fully saturated rings. The average Bonchev–Trinajstić information content (AvgIpc) is 3.00. The predicted octanol–water partition coefficient (Wildman–Crippen LogP) is 6.40. The Labute approximate surface area is 301 Å². The van der Waals surface area contributed by atoms with Crippen molar-refractivity contribution >= 4 is 43.6 Å². The molecule has 0 spiro atoms.